The first-order valence-corrected chi connectivity index (χ1v) is 8.52. The van der Waals surface area contributed by atoms with Gasteiger partial charge in [-0.1, -0.05) is 18.2 Å². The van der Waals surface area contributed by atoms with Gasteiger partial charge in [0.15, 0.2) is 0 Å². The number of hydrazone groups is 1. The molecule has 0 bridgehead atoms. The molecule has 3 rings (SSSR count). The summed E-state index contributed by atoms with van der Waals surface area (Å²) < 4.78 is 10.4. The summed E-state index contributed by atoms with van der Waals surface area (Å²) in [5.74, 6) is 0.456. The van der Waals surface area contributed by atoms with Gasteiger partial charge in [0.05, 0.1) is 26.4 Å². The zero-order valence-electron chi connectivity index (χ0n) is 15.2. The predicted octanol–water partition coefficient (Wildman–Crippen LogP) is 2.21. The highest BCUT2D eigenvalue weighted by molar-refractivity contribution is 6.00. The lowest BCUT2D eigenvalue weighted by Gasteiger charge is -2.16. The Morgan fingerprint density at radius 2 is 1.96 bits per heavy atom. The molecule has 0 radical (unpaired) electrons. The number of nitrogens with zero attached hydrogens (tertiary/aromatic N) is 2. The van der Waals surface area contributed by atoms with E-state index in [9.17, 15) is 9.59 Å². The molecule has 0 aliphatic carbocycles. The predicted molar refractivity (Wildman–Crippen MR) is 102 cm³/mol. The monoisotopic (exact) mass is 367 g/mol. The maximum absolute atomic E-state index is 12.4. The SMILES string of the molecule is COc1ccc(/C=N\NC(=O)[C@@H]2CC(=O)N(c3ccccc3)C2)c(OC)c1. The number of methoxy groups -OCH3 is 2. The second-order valence-electron chi connectivity index (χ2n) is 6.08. The number of amides is 2. The van der Waals surface area contributed by atoms with Crippen LogP contribution < -0.4 is 19.8 Å². The minimum atomic E-state index is -0.437. The Kier molecular flexibility index (Phi) is 5.71. The molecule has 2 aromatic carbocycles. The van der Waals surface area contributed by atoms with E-state index >= 15 is 0 Å². The maximum Gasteiger partial charge on any atom is 0.245 e. The zero-order valence-corrected chi connectivity index (χ0v) is 15.2. The maximum atomic E-state index is 12.4. The van der Waals surface area contributed by atoms with Crippen LogP contribution in [0.5, 0.6) is 11.5 Å². The number of nitrogens with one attached hydrogen (secondary N) is 1. The molecule has 1 heterocycles. The Hall–Kier alpha value is -3.35. The van der Waals surface area contributed by atoms with E-state index in [1.165, 1.54) is 6.21 Å². The fraction of sp³-hybridized carbons (Fsp3) is 0.250. The highest BCUT2D eigenvalue weighted by atomic mass is 16.5. The number of anilines is 1. The van der Waals surface area contributed by atoms with Crippen molar-refractivity contribution in [1.82, 2.24) is 5.43 Å². The van der Waals surface area contributed by atoms with E-state index in [2.05, 4.69) is 10.5 Å². The summed E-state index contributed by atoms with van der Waals surface area (Å²) in [6, 6.07) is 14.6. The molecule has 1 N–H and O–H groups in total. The van der Waals surface area contributed by atoms with E-state index in [0.717, 1.165) is 5.69 Å². The molecule has 0 unspecified atom stereocenters. The minimum absolute atomic E-state index is 0.0675. The third-order valence-electron chi connectivity index (χ3n) is 4.38. The first kappa shape index (κ1) is 18.4. The van der Waals surface area contributed by atoms with Crippen LogP contribution in [0.2, 0.25) is 0 Å². The van der Waals surface area contributed by atoms with Crippen LogP contribution in [0.3, 0.4) is 0 Å². The van der Waals surface area contributed by atoms with Gasteiger partial charge < -0.3 is 14.4 Å². The molecule has 1 atom stereocenters. The molecule has 0 saturated carbocycles. The molecule has 2 amide bonds. The molecular formula is C20H21N3O4. The summed E-state index contributed by atoms with van der Waals surface area (Å²) in [4.78, 5) is 26.2. The van der Waals surface area contributed by atoms with Gasteiger partial charge in [-0.2, -0.15) is 5.10 Å². The van der Waals surface area contributed by atoms with Gasteiger partial charge in [-0.05, 0) is 24.3 Å². The number of para-hydroxylation sites is 1. The van der Waals surface area contributed by atoms with Crippen LogP contribution in [0.15, 0.2) is 53.6 Å². The lowest BCUT2D eigenvalue weighted by molar-refractivity contribution is -0.126. The first-order chi connectivity index (χ1) is 13.1. The molecular weight excluding hydrogens is 346 g/mol. The summed E-state index contributed by atoms with van der Waals surface area (Å²) in [6.45, 7) is 0.343. The van der Waals surface area contributed by atoms with E-state index in [4.69, 9.17) is 9.47 Å². The number of benzene rings is 2. The van der Waals surface area contributed by atoms with Crippen molar-refractivity contribution in [3.05, 3.63) is 54.1 Å². The highest BCUT2D eigenvalue weighted by Gasteiger charge is 2.34. The van der Waals surface area contributed by atoms with Gasteiger partial charge in [0.25, 0.3) is 0 Å². The fourth-order valence-electron chi connectivity index (χ4n) is 2.92. The minimum Gasteiger partial charge on any atom is -0.497 e. The van der Waals surface area contributed by atoms with E-state index in [1.807, 2.05) is 30.3 Å². The average Bonchev–Trinajstić information content (AvgIpc) is 3.10. The largest absolute Gasteiger partial charge is 0.497 e. The molecule has 0 aromatic heterocycles. The van der Waals surface area contributed by atoms with Gasteiger partial charge in [-0.3, -0.25) is 9.59 Å². The van der Waals surface area contributed by atoms with Gasteiger partial charge >= 0.3 is 0 Å². The van der Waals surface area contributed by atoms with Crippen LogP contribution >= 0.6 is 0 Å². The number of carbonyl (C=O) groups excluding carboxylic acids is 2. The van der Waals surface area contributed by atoms with E-state index in [1.54, 1.807) is 37.3 Å². The van der Waals surface area contributed by atoms with Crippen molar-refractivity contribution < 1.29 is 19.1 Å². The molecule has 0 spiro atoms. The number of hydrogen-bond acceptors (Lipinski definition) is 5. The molecule has 1 saturated heterocycles. The van der Waals surface area contributed by atoms with Gasteiger partial charge in [0.2, 0.25) is 11.8 Å². The molecule has 2 aromatic rings. The molecule has 1 aliphatic rings. The van der Waals surface area contributed by atoms with Crippen LogP contribution in [0.1, 0.15) is 12.0 Å². The van der Waals surface area contributed by atoms with E-state index in [0.29, 0.717) is 23.6 Å². The van der Waals surface area contributed by atoms with Crippen LogP contribution in [-0.2, 0) is 9.59 Å². The van der Waals surface area contributed by atoms with Crippen molar-refractivity contribution in [3.8, 4) is 11.5 Å². The second kappa shape index (κ2) is 8.35. The van der Waals surface area contributed by atoms with Crippen molar-refractivity contribution in [3.63, 3.8) is 0 Å². The number of rotatable bonds is 6. The van der Waals surface area contributed by atoms with Crippen molar-refractivity contribution in [2.75, 3.05) is 25.7 Å². The van der Waals surface area contributed by atoms with Crippen molar-refractivity contribution in [1.29, 1.82) is 0 Å². The fourth-order valence-corrected chi connectivity index (χ4v) is 2.92. The Balaban J connectivity index is 1.61. The normalized spacial score (nSPS) is 16.6. The lowest BCUT2D eigenvalue weighted by Crippen LogP contribution is -2.30. The topological polar surface area (TPSA) is 80.2 Å². The Morgan fingerprint density at radius 3 is 2.67 bits per heavy atom. The van der Waals surface area contributed by atoms with Crippen molar-refractivity contribution in [2.24, 2.45) is 11.0 Å². The van der Waals surface area contributed by atoms with Gasteiger partial charge in [-0.25, -0.2) is 5.43 Å². The molecule has 7 heteroatoms. The summed E-state index contributed by atoms with van der Waals surface area (Å²) in [5, 5.41) is 4.00. The smallest absolute Gasteiger partial charge is 0.245 e. The molecule has 140 valence electrons. The second-order valence-corrected chi connectivity index (χ2v) is 6.08. The van der Waals surface area contributed by atoms with E-state index < -0.39 is 5.92 Å². The van der Waals surface area contributed by atoms with Gasteiger partial charge in [0.1, 0.15) is 11.5 Å². The van der Waals surface area contributed by atoms with Crippen molar-refractivity contribution >= 4 is 23.7 Å². The standard InChI is InChI=1S/C20H21N3O4/c1-26-17-9-8-14(18(11-17)27-2)12-21-22-20(25)15-10-19(24)23(13-15)16-6-4-3-5-7-16/h3-9,11-12,15H,10,13H2,1-2H3,(H,22,25)/b21-12-/t15-/m1/s1. The lowest BCUT2D eigenvalue weighted by atomic mass is 10.1. The summed E-state index contributed by atoms with van der Waals surface area (Å²) in [5.41, 5.74) is 4.01. The van der Waals surface area contributed by atoms with Crippen LogP contribution in [0.25, 0.3) is 0 Å². The van der Waals surface area contributed by atoms with Crippen LogP contribution in [0, 0.1) is 5.92 Å². The molecule has 27 heavy (non-hydrogen) atoms. The van der Waals surface area contributed by atoms with Gasteiger partial charge in [0, 0.05) is 30.3 Å². The zero-order chi connectivity index (χ0) is 19.2. The van der Waals surface area contributed by atoms with Crippen LogP contribution in [-0.4, -0.2) is 38.8 Å². The third kappa shape index (κ3) is 4.25. The number of ether oxygens (including phenoxy) is 2. The quantitative estimate of drug-likeness (QED) is 0.627. The summed E-state index contributed by atoms with van der Waals surface area (Å²) in [6.07, 6.45) is 1.67. The Morgan fingerprint density at radius 1 is 1.19 bits per heavy atom. The van der Waals surface area contributed by atoms with Gasteiger partial charge in [-0.15, -0.1) is 0 Å². The Labute approximate surface area is 157 Å². The summed E-state index contributed by atoms with van der Waals surface area (Å²) >= 11 is 0. The number of carbonyl (C=O) groups is 2. The third-order valence-corrected chi connectivity index (χ3v) is 4.38. The molecule has 1 aliphatic heterocycles. The molecule has 1 fully saturated rings. The summed E-state index contributed by atoms with van der Waals surface area (Å²) in [7, 11) is 3.12. The number of hydrogen-bond donors (Lipinski definition) is 1. The first-order valence-electron chi connectivity index (χ1n) is 8.52. The van der Waals surface area contributed by atoms with E-state index in [-0.39, 0.29) is 18.2 Å². The molecule has 7 nitrogen and oxygen atoms in total. The highest BCUT2D eigenvalue weighted by Crippen LogP contribution is 2.25. The van der Waals surface area contributed by atoms with Crippen LogP contribution in [0.4, 0.5) is 5.69 Å². The average molecular weight is 367 g/mol. The van der Waals surface area contributed by atoms with Crippen molar-refractivity contribution in [2.45, 2.75) is 6.42 Å². The Bertz CT molecular complexity index is 852.